The molecule has 0 saturated carbocycles. The fourth-order valence-corrected chi connectivity index (χ4v) is 6.86. The molecule has 0 radical (unpaired) electrons. The lowest BCUT2D eigenvalue weighted by molar-refractivity contribution is -0.140. The van der Waals surface area contributed by atoms with Crippen molar-refractivity contribution in [1.29, 1.82) is 0 Å². The number of ether oxygens (including phenoxy) is 1. The lowest BCUT2D eigenvalue weighted by Crippen LogP contribution is -2.54. The second-order valence-electron chi connectivity index (χ2n) is 11.1. The third kappa shape index (κ3) is 9.82. The van der Waals surface area contributed by atoms with Gasteiger partial charge >= 0.3 is 0 Å². The van der Waals surface area contributed by atoms with Crippen molar-refractivity contribution in [2.75, 3.05) is 17.5 Å². The van der Waals surface area contributed by atoms with Crippen molar-refractivity contribution in [1.82, 2.24) is 10.2 Å². The Morgan fingerprint density at radius 2 is 1.55 bits per heavy atom. The zero-order valence-electron chi connectivity index (χ0n) is 26.6. The molecule has 0 aliphatic heterocycles. The second kappa shape index (κ2) is 16.8. The highest BCUT2D eigenvalue weighted by Crippen LogP contribution is 2.28. The van der Waals surface area contributed by atoms with Gasteiger partial charge in [-0.3, -0.25) is 13.9 Å². The van der Waals surface area contributed by atoms with Crippen LogP contribution in [0, 0.1) is 0 Å². The number of anilines is 1. The van der Waals surface area contributed by atoms with E-state index in [0.29, 0.717) is 33.8 Å². The number of halogens is 2. The Labute approximate surface area is 290 Å². The maximum Gasteiger partial charge on any atom is 0.264 e. The summed E-state index contributed by atoms with van der Waals surface area (Å²) in [5, 5.41) is 3.52. The molecule has 0 saturated heterocycles. The van der Waals surface area contributed by atoms with Crippen molar-refractivity contribution in [3.63, 3.8) is 0 Å². The predicted octanol–water partition coefficient (Wildman–Crippen LogP) is 7.25. The van der Waals surface area contributed by atoms with Gasteiger partial charge in [-0.15, -0.1) is 0 Å². The van der Waals surface area contributed by atoms with E-state index in [1.807, 2.05) is 57.2 Å². The Kier molecular flexibility index (Phi) is 12.9. The van der Waals surface area contributed by atoms with Crippen LogP contribution in [0.4, 0.5) is 5.69 Å². The molecular formula is C36H39BrClN3O5S. The monoisotopic (exact) mass is 739 g/mol. The Bertz CT molecular complexity index is 1740. The van der Waals surface area contributed by atoms with Gasteiger partial charge in [0.1, 0.15) is 18.3 Å². The van der Waals surface area contributed by atoms with E-state index in [4.69, 9.17) is 16.3 Å². The van der Waals surface area contributed by atoms with Gasteiger partial charge in [-0.1, -0.05) is 76.9 Å². The molecule has 248 valence electrons. The van der Waals surface area contributed by atoms with Gasteiger partial charge in [0, 0.05) is 28.5 Å². The molecule has 0 aliphatic carbocycles. The molecule has 0 aliphatic rings. The summed E-state index contributed by atoms with van der Waals surface area (Å²) >= 11 is 9.68. The fraction of sp³-hybridized carbons (Fsp3) is 0.278. The van der Waals surface area contributed by atoms with Crippen LogP contribution in [-0.4, -0.2) is 50.4 Å². The minimum atomic E-state index is -4.23. The third-order valence-corrected chi connectivity index (χ3v) is 10.2. The topological polar surface area (TPSA) is 96.0 Å². The van der Waals surface area contributed by atoms with E-state index in [1.165, 1.54) is 17.0 Å². The number of hydrogen-bond donors (Lipinski definition) is 1. The lowest BCUT2D eigenvalue weighted by atomic mass is 10.0. The number of carbonyl (C=O) groups excluding carboxylic acids is 2. The quantitative estimate of drug-likeness (QED) is 0.139. The molecule has 0 heterocycles. The molecule has 4 aromatic rings. The molecule has 47 heavy (non-hydrogen) atoms. The SMILES string of the molecule is CCOc1ccc(N(CC(=O)N(Cc2cccc(Cl)c2)[C@@H](Cc2ccccc2)C(=O)N[C@@H](C)CC)S(=O)(=O)c2ccc(Br)cc2)cc1. The van der Waals surface area contributed by atoms with Crippen molar-refractivity contribution in [2.45, 2.75) is 57.1 Å². The average molecular weight is 741 g/mol. The molecule has 0 unspecified atom stereocenters. The highest BCUT2D eigenvalue weighted by molar-refractivity contribution is 9.10. The van der Waals surface area contributed by atoms with E-state index in [-0.39, 0.29) is 35.5 Å². The van der Waals surface area contributed by atoms with E-state index in [1.54, 1.807) is 54.6 Å². The molecule has 1 N–H and O–H groups in total. The first-order valence-corrected chi connectivity index (χ1v) is 18.0. The Morgan fingerprint density at radius 1 is 0.894 bits per heavy atom. The lowest BCUT2D eigenvalue weighted by Gasteiger charge is -2.34. The normalized spacial score (nSPS) is 12.5. The molecule has 4 rings (SSSR count). The van der Waals surface area contributed by atoms with Crippen molar-refractivity contribution in [3.8, 4) is 5.75 Å². The minimum Gasteiger partial charge on any atom is -0.494 e. The van der Waals surface area contributed by atoms with E-state index < -0.39 is 28.5 Å². The molecule has 11 heteroatoms. The number of benzene rings is 4. The summed E-state index contributed by atoms with van der Waals surface area (Å²) in [7, 11) is -4.23. The van der Waals surface area contributed by atoms with Gasteiger partial charge in [-0.05, 0) is 92.1 Å². The first-order chi connectivity index (χ1) is 22.5. The average Bonchev–Trinajstić information content (AvgIpc) is 3.06. The van der Waals surface area contributed by atoms with Crippen molar-refractivity contribution in [2.24, 2.45) is 0 Å². The van der Waals surface area contributed by atoms with Crippen LogP contribution in [-0.2, 0) is 32.6 Å². The van der Waals surface area contributed by atoms with Crippen LogP contribution < -0.4 is 14.4 Å². The van der Waals surface area contributed by atoms with Crippen molar-refractivity contribution < 1.29 is 22.7 Å². The van der Waals surface area contributed by atoms with Crippen molar-refractivity contribution in [3.05, 3.63) is 124 Å². The van der Waals surface area contributed by atoms with E-state index in [0.717, 1.165) is 9.87 Å². The van der Waals surface area contributed by atoms with Crippen LogP contribution in [0.15, 0.2) is 112 Å². The van der Waals surface area contributed by atoms with Crippen LogP contribution in [0.1, 0.15) is 38.3 Å². The molecule has 0 spiro atoms. The molecule has 0 aromatic heterocycles. The summed E-state index contributed by atoms with van der Waals surface area (Å²) in [5.41, 5.74) is 1.83. The molecule has 2 atom stereocenters. The van der Waals surface area contributed by atoms with Crippen LogP contribution in [0.5, 0.6) is 5.75 Å². The maximum atomic E-state index is 14.6. The number of sulfonamides is 1. The summed E-state index contributed by atoms with van der Waals surface area (Å²) in [6.45, 7) is 5.63. The summed E-state index contributed by atoms with van der Waals surface area (Å²) in [5.74, 6) is -0.322. The maximum absolute atomic E-state index is 14.6. The first kappa shape index (κ1) is 36.0. The Morgan fingerprint density at radius 3 is 2.17 bits per heavy atom. The Hall–Kier alpha value is -3.86. The summed E-state index contributed by atoms with van der Waals surface area (Å²) in [6.07, 6.45) is 0.918. The number of nitrogens with zero attached hydrogens (tertiary/aromatic N) is 2. The van der Waals surface area contributed by atoms with Gasteiger partial charge in [-0.25, -0.2) is 8.42 Å². The van der Waals surface area contributed by atoms with Gasteiger partial charge in [0.25, 0.3) is 10.0 Å². The highest BCUT2D eigenvalue weighted by atomic mass is 79.9. The van der Waals surface area contributed by atoms with Crippen LogP contribution in [0.2, 0.25) is 5.02 Å². The number of nitrogens with one attached hydrogen (secondary N) is 1. The number of amides is 2. The number of hydrogen-bond acceptors (Lipinski definition) is 5. The molecule has 8 nitrogen and oxygen atoms in total. The summed E-state index contributed by atoms with van der Waals surface area (Å²) in [4.78, 5) is 30.0. The smallest absolute Gasteiger partial charge is 0.264 e. The zero-order valence-corrected chi connectivity index (χ0v) is 29.8. The third-order valence-electron chi connectivity index (χ3n) is 7.63. The van der Waals surface area contributed by atoms with Crippen molar-refractivity contribution >= 4 is 55.1 Å². The second-order valence-corrected chi connectivity index (χ2v) is 14.3. The number of rotatable bonds is 15. The van der Waals surface area contributed by atoms with E-state index in [2.05, 4.69) is 21.2 Å². The van der Waals surface area contributed by atoms with Crippen LogP contribution in [0.3, 0.4) is 0 Å². The minimum absolute atomic E-state index is 0.0131. The fourth-order valence-electron chi connectivity index (χ4n) is 4.96. The van der Waals surface area contributed by atoms with Gasteiger partial charge in [0.15, 0.2) is 0 Å². The highest BCUT2D eigenvalue weighted by Gasteiger charge is 2.35. The van der Waals surface area contributed by atoms with Crippen LogP contribution >= 0.6 is 27.5 Å². The van der Waals surface area contributed by atoms with Crippen LogP contribution in [0.25, 0.3) is 0 Å². The van der Waals surface area contributed by atoms with Gasteiger partial charge in [0.2, 0.25) is 11.8 Å². The van der Waals surface area contributed by atoms with E-state index >= 15 is 0 Å². The standard InChI is InChI=1S/C36H39BrClN3O5S/c1-4-26(3)39-36(43)34(23-27-10-7-6-8-11-27)40(24-28-12-9-13-30(38)22-28)35(42)25-41(31-16-18-32(19-17-31)46-5-2)47(44,45)33-20-14-29(37)15-21-33/h6-22,26,34H,4-5,23-25H2,1-3H3,(H,39,43)/t26-,34-/m0/s1. The molecule has 0 fully saturated rings. The van der Waals surface area contributed by atoms with Gasteiger partial charge < -0.3 is 15.0 Å². The molecule has 4 aromatic carbocycles. The zero-order chi connectivity index (χ0) is 34.0. The van der Waals surface area contributed by atoms with Gasteiger partial charge in [0.05, 0.1) is 17.2 Å². The largest absolute Gasteiger partial charge is 0.494 e. The summed E-state index contributed by atoms with van der Waals surface area (Å²) in [6, 6.07) is 28.2. The first-order valence-electron chi connectivity index (χ1n) is 15.4. The van der Waals surface area contributed by atoms with Gasteiger partial charge in [-0.2, -0.15) is 0 Å². The molecule has 2 amide bonds. The van der Waals surface area contributed by atoms with E-state index in [9.17, 15) is 18.0 Å². The molecule has 0 bridgehead atoms. The molecular weight excluding hydrogens is 702 g/mol. The summed E-state index contributed by atoms with van der Waals surface area (Å²) < 4.78 is 35.8. The Balaban J connectivity index is 1.81. The predicted molar refractivity (Wildman–Crippen MR) is 190 cm³/mol. The number of carbonyl (C=O) groups is 2.